The van der Waals surface area contributed by atoms with Gasteiger partial charge >= 0.3 is 0 Å². The summed E-state index contributed by atoms with van der Waals surface area (Å²) in [5, 5.41) is 1.03. The zero-order valence-electron chi connectivity index (χ0n) is 16.8. The minimum atomic E-state index is -0.0568. The van der Waals surface area contributed by atoms with Gasteiger partial charge in [0.2, 0.25) is 5.91 Å². The number of thiazole rings is 1. The zero-order valence-corrected chi connectivity index (χ0v) is 17.6. The van der Waals surface area contributed by atoms with Crippen molar-refractivity contribution in [3.05, 3.63) is 75.2 Å². The number of hydrogen-bond acceptors (Lipinski definition) is 4. The number of aromatic nitrogens is 3. The molecule has 0 unspecified atom stereocenters. The second kappa shape index (κ2) is 7.06. The molecule has 1 amide bonds. The first-order chi connectivity index (χ1) is 15.2. The van der Waals surface area contributed by atoms with Crippen molar-refractivity contribution in [3.8, 4) is 0 Å². The molecule has 154 valence electrons. The zero-order chi connectivity index (χ0) is 20.9. The normalized spacial score (nSPS) is 15.1. The van der Waals surface area contributed by atoms with E-state index in [-0.39, 0.29) is 11.5 Å². The fourth-order valence-corrected chi connectivity index (χ4v) is 5.46. The van der Waals surface area contributed by atoms with Crippen LogP contribution in [0.4, 0.5) is 0 Å². The highest BCUT2D eigenvalue weighted by Gasteiger charge is 2.19. The van der Waals surface area contributed by atoms with Gasteiger partial charge in [0, 0.05) is 35.8 Å². The lowest BCUT2D eigenvalue weighted by Gasteiger charge is -2.15. The van der Waals surface area contributed by atoms with Crippen molar-refractivity contribution in [3.63, 3.8) is 0 Å². The molecule has 6 nitrogen and oxygen atoms in total. The van der Waals surface area contributed by atoms with Crippen LogP contribution in [-0.4, -0.2) is 37.8 Å². The molecule has 0 atom stereocenters. The molecule has 4 heterocycles. The number of rotatable bonds is 3. The van der Waals surface area contributed by atoms with Crippen LogP contribution in [-0.2, 0) is 11.3 Å². The number of para-hydroxylation sites is 3. The van der Waals surface area contributed by atoms with Crippen molar-refractivity contribution in [1.29, 1.82) is 0 Å². The molecule has 0 bridgehead atoms. The van der Waals surface area contributed by atoms with Gasteiger partial charge in [-0.1, -0.05) is 41.7 Å². The van der Waals surface area contributed by atoms with Gasteiger partial charge in [0.25, 0.3) is 5.56 Å². The first-order valence-corrected chi connectivity index (χ1v) is 11.3. The molecule has 2 aromatic carbocycles. The molecule has 0 radical (unpaired) electrons. The maximum Gasteiger partial charge on any atom is 0.274 e. The first-order valence-electron chi connectivity index (χ1n) is 10.5. The standard InChI is InChI=1S/C24H20N4O2S/c29-22(26-11-5-6-12-26)15-27-14-16(17-7-1-3-9-19(17)27)13-21-23(30)28-20-10-4-2-8-18(20)25-24(28)31-21/h1-4,7-10,13-14H,5-6,11-12,15H2/b21-13-. The maximum absolute atomic E-state index is 13.1. The van der Waals surface area contributed by atoms with Crippen molar-refractivity contribution >= 4 is 50.2 Å². The molecule has 5 aromatic rings. The van der Waals surface area contributed by atoms with Crippen molar-refractivity contribution < 1.29 is 4.79 Å². The Kier molecular flexibility index (Phi) is 4.17. The Bertz CT molecular complexity index is 1570. The molecule has 0 spiro atoms. The lowest BCUT2D eigenvalue weighted by atomic mass is 10.2. The van der Waals surface area contributed by atoms with Gasteiger partial charge in [-0.05, 0) is 37.1 Å². The second-order valence-electron chi connectivity index (χ2n) is 7.95. The van der Waals surface area contributed by atoms with E-state index in [2.05, 4.69) is 4.98 Å². The Balaban J connectivity index is 1.47. The third-order valence-corrected chi connectivity index (χ3v) is 6.98. The van der Waals surface area contributed by atoms with Crippen LogP contribution < -0.4 is 10.1 Å². The topological polar surface area (TPSA) is 59.6 Å². The predicted octanol–water partition coefficient (Wildman–Crippen LogP) is 3.03. The van der Waals surface area contributed by atoms with Crippen molar-refractivity contribution in [2.24, 2.45) is 0 Å². The van der Waals surface area contributed by atoms with E-state index in [1.807, 2.05) is 70.3 Å². The molecule has 3 aromatic heterocycles. The maximum atomic E-state index is 13.1. The van der Waals surface area contributed by atoms with Crippen molar-refractivity contribution in [1.82, 2.24) is 18.9 Å². The third-order valence-electron chi connectivity index (χ3n) is 6.02. The Morgan fingerprint density at radius 1 is 1.03 bits per heavy atom. The summed E-state index contributed by atoms with van der Waals surface area (Å²) in [7, 11) is 0. The number of amides is 1. The van der Waals surface area contributed by atoms with E-state index >= 15 is 0 Å². The summed E-state index contributed by atoms with van der Waals surface area (Å²) in [6.07, 6.45) is 6.07. The Morgan fingerprint density at radius 2 is 1.77 bits per heavy atom. The molecule has 6 rings (SSSR count). The highest BCUT2D eigenvalue weighted by molar-refractivity contribution is 7.15. The van der Waals surface area contributed by atoms with Crippen LogP contribution in [0.3, 0.4) is 0 Å². The summed E-state index contributed by atoms with van der Waals surface area (Å²) < 4.78 is 4.32. The number of carbonyl (C=O) groups is 1. The minimum absolute atomic E-state index is 0.0568. The predicted molar refractivity (Wildman–Crippen MR) is 123 cm³/mol. The fraction of sp³-hybridized carbons (Fsp3) is 0.208. The quantitative estimate of drug-likeness (QED) is 0.444. The van der Waals surface area contributed by atoms with Gasteiger partial charge in [-0.25, -0.2) is 9.38 Å². The van der Waals surface area contributed by atoms with Crippen molar-refractivity contribution in [2.45, 2.75) is 19.4 Å². The van der Waals surface area contributed by atoms with Crippen LogP contribution in [0.1, 0.15) is 18.4 Å². The lowest BCUT2D eigenvalue weighted by Crippen LogP contribution is -2.30. The molecule has 0 N–H and O–H groups in total. The number of likely N-dealkylation sites (tertiary alicyclic amines) is 1. The highest BCUT2D eigenvalue weighted by Crippen LogP contribution is 2.23. The summed E-state index contributed by atoms with van der Waals surface area (Å²) in [6, 6.07) is 15.7. The number of benzene rings is 2. The molecule has 1 aliphatic rings. The Hall–Kier alpha value is -3.45. The smallest absolute Gasteiger partial charge is 0.274 e. The number of nitrogens with zero attached hydrogens (tertiary/aromatic N) is 4. The average molecular weight is 429 g/mol. The van der Waals surface area contributed by atoms with Crippen LogP contribution in [0, 0.1) is 0 Å². The highest BCUT2D eigenvalue weighted by atomic mass is 32.1. The summed E-state index contributed by atoms with van der Waals surface area (Å²) in [5.74, 6) is 0.148. The summed E-state index contributed by atoms with van der Waals surface area (Å²) >= 11 is 1.40. The van der Waals surface area contributed by atoms with Gasteiger partial charge in [-0.2, -0.15) is 0 Å². The largest absolute Gasteiger partial charge is 0.341 e. The SMILES string of the molecule is O=C(Cn1cc(/C=c2\sc3nc4ccccc4n3c2=O)c2ccccc21)N1CCCC1. The van der Waals surface area contributed by atoms with Crippen LogP contribution in [0.2, 0.25) is 0 Å². The molecule has 31 heavy (non-hydrogen) atoms. The van der Waals surface area contributed by atoms with Gasteiger partial charge in [0.15, 0.2) is 4.96 Å². The van der Waals surface area contributed by atoms with Crippen LogP contribution >= 0.6 is 11.3 Å². The molecule has 1 fully saturated rings. The molecular weight excluding hydrogens is 408 g/mol. The summed E-state index contributed by atoms with van der Waals surface area (Å²) in [4.78, 5) is 33.1. The van der Waals surface area contributed by atoms with E-state index in [9.17, 15) is 9.59 Å². The number of imidazole rings is 1. The van der Waals surface area contributed by atoms with Gasteiger partial charge in [0.05, 0.1) is 15.6 Å². The summed E-state index contributed by atoms with van der Waals surface area (Å²) in [6.45, 7) is 2.01. The molecule has 1 saturated heterocycles. The average Bonchev–Trinajstić information content (AvgIpc) is 3.55. The molecule has 0 aliphatic carbocycles. The lowest BCUT2D eigenvalue weighted by molar-refractivity contribution is -0.130. The van der Waals surface area contributed by atoms with E-state index < -0.39 is 0 Å². The van der Waals surface area contributed by atoms with E-state index in [0.717, 1.165) is 53.4 Å². The third kappa shape index (κ3) is 2.96. The number of carbonyl (C=O) groups excluding carboxylic acids is 1. The number of fused-ring (bicyclic) bond motifs is 4. The fourth-order valence-electron chi connectivity index (χ4n) is 4.49. The monoisotopic (exact) mass is 428 g/mol. The van der Waals surface area contributed by atoms with Crippen LogP contribution in [0.5, 0.6) is 0 Å². The van der Waals surface area contributed by atoms with Gasteiger partial charge in [-0.15, -0.1) is 0 Å². The van der Waals surface area contributed by atoms with Gasteiger partial charge in [0.1, 0.15) is 6.54 Å². The van der Waals surface area contributed by atoms with Crippen LogP contribution in [0.15, 0.2) is 59.5 Å². The van der Waals surface area contributed by atoms with E-state index in [1.165, 1.54) is 11.3 Å². The van der Waals surface area contributed by atoms with Gasteiger partial charge < -0.3 is 9.47 Å². The summed E-state index contributed by atoms with van der Waals surface area (Å²) in [5.41, 5.74) is 3.54. The minimum Gasteiger partial charge on any atom is -0.341 e. The van der Waals surface area contributed by atoms with Crippen LogP contribution in [0.25, 0.3) is 33.0 Å². The molecule has 1 aliphatic heterocycles. The van der Waals surface area contributed by atoms with Gasteiger partial charge in [-0.3, -0.25) is 9.59 Å². The molecule has 0 saturated carbocycles. The number of hydrogen-bond donors (Lipinski definition) is 0. The Morgan fingerprint density at radius 3 is 2.61 bits per heavy atom. The molecule has 7 heteroatoms. The van der Waals surface area contributed by atoms with Crippen molar-refractivity contribution in [2.75, 3.05) is 13.1 Å². The van der Waals surface area contributed by atoms with E-state index in [4.69, 9.17) is 0 Å². The first kappa shape index (κ1) is 18.3. The molecular formula is C24H20N4O2S. The second-order valence-corrected chi connectivity index (χ2v) is 8.96. The van der Waals surface area contributed by atoms with E-state index in [0.29, 0.717) is 16.0 Å². The van der Waals surface area contributed by atoms with E-state index in [1.54, 1.807) is 4.40 Å². The Labute approximate surface area is 181 Å².